The van der Waals surface area contributed by atoms with E-state index >= 15 is 0 Å². The lowest BCUT2D eigenvalue weighted by Gasteiger charge is -2.42. The monoisotopic (exact) mass is 248 g/mol. The molecular formula is C15H24N2O. The van der Waals surface area contributed by atoms with Crippen molar-refractivity contribution >= 4 is 5.82 Å². The fourth-order valence-corrected chi connectivity index (χ4v) is 2.97. The third-order valence-corrected chi connectivity index (χ3v) is 4.14. The molecule has 1 aliphatic rings. The predicted molar refractivity (Wildman–Crippen MR) is 74.6 cm³/mol. The Kier molecular flexibility index (Phi) is 3.91. The van der Waals surface area contributed by atoms with Gasteiger partial charge in [-0.15, -0.1) is 0 Å². The normalized spacial score (nSPS) is 30.3. The molecule has 0 radical (unpaired) electrons. The van der Waals surface area contributed by atoms with E-state index in [0.717, 1.165) is 17.9 Å². The van der Waals surface area contributed by atoms with Crippen molar-refractivity contribution in [2.24, 2.45) is 11.8 Å². The summed E-state index contributed by atoms with van der Waals surface area (Å²) in [5.41, 5.74) is 0.936. The Hall–Kier alpha value is -1.09. The van der Waals surface area contributed by atoms with Gasteiger partial charge >= 0.3 is 0 Å². The second-order valence-corrected chi connectivity index (χ2v) is 5.80. The zero-order chi connectivity index (χ0) is 13.3. The maximum atomic E-state index is 9.89. The van der Waals surface area contributed by atoms with E-state index in [4.69, 9.17) is 0 Å². The fraction of sp³-hybridized carbons (Fsp3) is 0.667. The standard InChI is InChI=1S/C15H24N2O/c1-10-8-11(2)12(3)17(9-10)15-14(13(4)18)6-5-7-16-15/h5-7,10-13,18H,8-9H2,1-4H3/t10?,11?,12?,13-/m1/s1. The van der Waals surface area contributed by atoms with Crippen molar-refractivity contribution in [1.29, 1.82) is 0 Å². The van der Waals surface area contributed by atoms with Gasteiger partial charge in [-0.05, 0) is 38.2 Å². The first-order valence-electron chi connectivity index (χ1n) is 6.90. The molecule has 0 saturated carbocycles. The highest BCUT2D eigenvalue weighted by Gasteiger charge is 2.31. The van der Waals surface area contributed by atoms with Crippen LogP contribution in [0.3, 0.4) is 0 Å². The van der Waals surface area contributed by atoms with Gasteiger partial charge in [-0.3, -0.25) is 0 Å². The van der Waals surface area contributed by atoms with Crippen molar-refractivity contribution in [3.05, 3.63) is 23.9 Å². The quantitative estimate of drug-likeness (QED) is 0.874. The van der Waals surface area contributed by atoms with Crippen LogP contribution in [0.25, 0.3) is 0 Å². The molecule has 0 spiro atoms. The van der Waals surface area contributed by atoms with E-state index in [2.05, 4.69) is 30.7 Å². The van der Waals surface area contributed by atoms with Gasteiger partial charge < -0.3 is 10.0 Å². The lowest BCUT2D eigenvalue weighted by Crippen LogP contribution is -2.46. The zero-order valence-electron chi connectivity index (χ0n) is 11.8. The second kappa shape index (κ2) is 5.27. The maximum Gasteiger partial charge on any atom is 0.134 e. The topological polar surface area (TPSA) is 36.4 Å². The van der Waals surface area contributed by atoms with Crippen LogP contribution >= 0.6 is 0 Å². The summed E-state index contributed by atoms with van der Waals surface area (Å²) in [5.74, 6) is 2.30. The smallest absolute Gasteiger partial charge is 0.134 e. The number of hydrogen-bond donors (Lipinski definition) is 1. The van der Waals surface area contributed by atoms with Gasteiger partial charge in [-0.1, -0.05) is 19.9 Å². The minimum absolute atomic E-state index is 0.464. The third kappa shape index (κ3) is 2.51. The molecule has 100 valence electrons. The summed E-state index contributed by atoms with van der Waals surface area (Å²) in [6.07, 6.45) is 2.63. The highest BCUT2D eigenvalue weighted by molar-refractivity contribution is 5.49. The summed E-state index contributed by atoms with van der Waals surface area (Å²) >= 11 is 0. The van der Waals surface area contributed by atoms with Crippen molar-refractivity contribution in [2.75, 3.05) is 11.4 Å². The first kappa shape index (κ1) is 13.3. The molecule has 1 aromatic rings. The Morgan fingerprint density at radius 2 is 2.11 bits per heavy atom. The number of hydrogen-bond acceptors (Lipinski definition) is 3. The molecule has 0 bridgehead atoms. The highest BCUT2D eigenvalue weighted by atomic mass is 16.3. The van der Waals surface area contributed by atoms with Crippen LogP contribution in [0.1, 0.15) is 45.8 Å². The van der Waals surface area contributed by atoms with Crippen molar-refractivity contribution in [2.45, 2.75) is 46.3 Å². The zero-order valence-corrected chi connectivity index (χ0v) is 11.8. The van der Waals surface area contributed by atoms with Gasteiger partial charge in [0.15, 0.2) is 0 Å². The first-order chi connectivity index (χ1) is 8.50. The lowest BCUT2D eigenvalue weighted by molar-refractivity contribution is 0.198. The Morgan fingerprint density at radius 3 is 2.78 bits per heavy atom. The van der Waals surface area contributed by atoms with E-state index in [0.29, 0.717) is 17.9 Å². The van der Waals surface area contributed by atoms with E-state index in [9.17, 15) is 5.11 Å². The summed E-state index contributed by atoms with van der Waals surface area (Å²) in [5, 5.41) is 9.89. The van der Waals surface area contributed by atoms with E-state index in [1.807, 2.05) is 25.3 Å². The Bertz CT molecular complexity index is 405. The predicted octanol–water partition coefficient (Wildman–Crippen LogP) is 3.01. The average molecular weight is 248 g/mol. The average Bonchev–Trinajstić information content (AvgIpc) is 2.33. The summed E-state index contributed by atoms with van der Waals surface area (Å²) in [4.78, 5) is 6.87. The van der Waals surface area contributed by atoms with Crippen LogP contribution in [-0.4, -0.2) is 22.7 Å². The third-order valence-electron chi connectivity index (χ3n) is 4.14. The maximum absolute atomic E-state index is 9.89. The Morgan fingerprint density at radius 1 is 1.39 bits per heavy atom. The van der Waals surface area contributed by atoms with Crippen LogP contribution in [0.4, 0.5) is 5.82 Å². The largest absolute Gasteiger partial charge is 0.389 e. The van der Waals surface area contributed by atoms with Crippen molar-refractivity contribution < 1.29 is 5.11 Å². The van der Waals surface area contributed by atoms with Gasteiger partial charge in [-0.2, -0.15) is 0 Å². The molecule has 1 aromatic heterocycles. The molecule has 3 unspecified atom stereocenters. The van der Waals surface area contributed by atoms with Gasteiger partial charge in [0.25, 0.3) is 0 Å². The number of rotatable bonds is 2. The molecule has 3 heteroatoms. The SMILES string of the molecule is CC1CC(C)C(C)N(c2ncccc2[C@@H](C)O)C1. The number of aliphatic hydroxyl groups excluding tert-OH is 1. The summed E-state index contributed by atoms with van der Waals surface area (Å²) in [6, 6.07) is 4.35. The molecule has 0 amide bonds. The number of pyridine rings is 1. The molecule has 1 fully saturated rings. The molecule has 3 nitrogen and oxygen atoms in total. The molecule has 1 saturated heterocycles. The Labute approximate surface area is 110 Å². The van der Waals surface area contributed by atoms with E-state index in [1.165, 1.54) is 6.42 Å². The lowest BCUT2D eigenvalue weighted by atomic mass is 9.85. The highest BCUT2D eigenvalue weighted by Crippen LogP contribution is 2.33. The van der Waals surface area contributed by atoms with Gasteiger partial charge in [0.1, 0.15) is 5.82 Å². The molecule has 0 aliphatic carbocycles. The Balaban J connectivity index is 2.35. The number of aromatic nitrogens is 1. The van der Waals surface area contributed by atoms with Crippen LogP contribution in [0.15, 0.2) is 18.3 Å². The summed E-state index contributed by atoms with van der Waals surface area (Å²) < 4.78 is 0. The van der Waals surface area contributed by atoms with E-state index < -0.39 is 6.10 Å². The van der Waals surface area contributed by atoms with Crippen LogP contribution in [-0.2, 0) is 0 Å². The number of nitrogens with zero attached hydrogens (tertiary/aromatic N) is 2. The van der Waals surface area contributed by atoms with Crippen LogP contribution < -0.4 is 4.90 Å². The van der Waals surface area contributed by atoms with Gasteiger partial charge in [0.05, 0.1) is 6.10 Å². The number of aliphatic hydroxyl groups is 1. The van der Waals surface area contributed by atoms with Gasteiger partial charge in [-0.25, -0.2) is 4.98 Å². The minimum atomic E-state index is -0.464. The molecule has 4 atom stereocenters. The number of anilines is 1. The fourth-order valence-electron chi connectivity index (χ4n) is 2.97. The van der Waals surface area contributed by atoms with Gasteiger partial charge in [0, 0.05) is 24.3 Å². The molecule has 2 rings (SSSR count). The van der Waals surface area contributed by atoms with Crippen LogP contribution in [0, 0.1) is 11.8 Å². The van der Waals surface area contributed by atoms with Gasteiger partial charge in [0.2, 0.25) is 0 Å². The molecular weight excluding hydrogens is 224 g/mol. The van der Waals surface area contributed by atoms with E-state index in [-0.39, 0.29) is 0 Å². The van der Waals surface area contributed by atoms with E-state index in [1.54, 1.807) is 0 Å². The molecule has 2 heterocycles. The number of piperidine rings is 1. The van der Waals surface area contributed by atoms with Crippen LogP contribution in [0.2, 0.25) is 0 Å². The van der Waals surface area contributed by atoms with Crippen molar-refractivity contribution in [3.8, 4) is 0 Å². The molecule has 18 heavy (non-hydrogen) atoms. The molecule has 0 aromatic carbocycles. The molecule has 1 aliphatic heterocycles. The minimum Gasteiger partial charge on any atom is -0.389 e. The van der Waals surface area contributed by atoms with Crippen molar-refractivity contribution in [3.63, 3.8) is 0 Å². The van der Waals surface area contributed by atoms with Crippen LogP contribution in [0.5, 0.6) is 0 Å². The van der Waals surface area contributed by atoms with Crippen molar-refractivity contribution in [1.82, 2.24) is 4.98 Å². The first-order valence-corrected chi connectivity index (χ1v) is 6.90. The summed E-state index contributed by atoms with van der Waals surface area (Å²) in [7, 11) is 0. The summed E-state index contributed by atoms with van der Waals surface area (Å²) in [6.45, 7) is 9.69. The molecule has 1 N–H and O–H groups in total. The second-order valence-electron chi connectivity index (χ2n) is 5.80.